The lowest BCUT2D eigenvalue weighted by Gasteiger charge is -2.08. The van der Waals surface area contributed by atoms with Gasteiger partial charge >= 0.3 is 0 Å². The van der Waals surface area contributed by atoms with Crippen LogP contribution in [0.3, 0.4) is 0 Å². The van der Waals surface area contributed by atoms with E-state index < -0.39 is 0 Å². The number of nitrogens with zero attached hydrogens (tertiary/aromatic N) is 2. The second kappa shape index (κ2) is 8.63. The Morgan fingerprint density at radius 3 is 2.78 bits per heavy atom. The molecule has 2 aromatic carbocycles. The molecule has 0 saturated carbocycles. The van der Waals surface area contributed by atoms with Crippen molar-refractivity contribution in [2.75, 3.05) is 6.54 Å². The summed E-state index contributed by atoms with van der Waals surface area (Å²) >= 11 is 5.70. The Kier molecular flexibility index (Phi) is 6.24. The van der Waals surface area contributed by atoms with Crippen molar-refractivity contribution < 1.29 is 8.78 Å². The first kappa shape index (κ1) is 19.5. The maximum atomic E-state index is 13.5. The van der Waals surface area contributed by atoms with Crippen LogP contribution in [0.15, 0.2) is 48.6 Å². The van der Waals surface area contributed by atoms with Crippen molar-refractivity contribution >= 4 is 22.6 Å². The molecule has 0 aliphatic heterocycles. The largest absolute Gasteiger partial charge is 0.330 e. The van der Waals surface area contributed by atoms with Crippen LogP contribution in [-0.4, -0.2) is 16.1 Å². The van der Waals surface area contributed by atoms with E-state index in [0.29, 0.717) is 12.1 Å². The average Bonchev–Trinajstić information content (AvgIpc) is 2.94. The van der Waals surface area contributed by atoms with E-state index in [1.807, 2.05) is 17.7 Å². The molecule has 3 rings (SSSR count). The molecule has 0 bridgehead atoms. The van der Waals surface area contributed by atoms with Crippen LogP contribution in [0.25, 0.3) is 11.0 Å². The van der Waals surface area contributed by atoms with Gasteiger partial charge in [-0.05, 0) is 55.6 Å². The number of imidazole rings is 1. The molecule has 1 heterocycles. The van der Waals surface area contributed by atoms with Crippen LogP contribution in [0.5, 0.6) is 0 Å². The third-order valence-electron chi connectivity index (χ3n) is 4.63. The molecule has 1 aromatic heterocycles. The molecule has 0 amide bonds. The van der Waals surface area contributed by atoms with Gasteiger partial charge in [-0.1, -0.05) is 29.8 Å². The number of rotatable bonds is 8. The summed E-state index contributed by atoms with van der Waals surface area (Å²) in [6, 6.07) is 9.52. The molecule has 0 spiro atoms. The van der Waals surface area contributed by atoms with Gasteiger partial charge in [-0.3, -0.25) is 0 Å². The molecule has 27 heavy (non-hydrogen) atoms. The Bertz CT molecular complexity index is 965. The van der Waals surface area contributed by atoms with Gasteiger partial charge in [0.25, 0.3) is 0 Å². The number of hydrogen-bond acceptors (Lipinski definition) is 2. The Morgan fingerprint density at radius 2 is 2.00 bits per heavy atom. The molecule has 0 radical (unpaired) electrons. The van der Waals surface area contributed by atoms with E-state index in [-0.39, 0.29) is 16.7 Å². The van der Waals surface area contributed by atoms with E-state index in [0.717, 1.165) is 48.3 Å². The van der Waals surface area contributed by atoms with E-state index in [1.165, 1.54) is 18.2 Å². The predicted octanol–water partition coefficient (Wildman–Crippen LogP) is 5.17. The van der Waals surface area contributed by atoms with E-state index in [9.17, 15) is 8.78 Å². The fourth-order valence-electron chi connectivity index (χ4n) is 2.99. The lowest BCUT2D eigenvalue weighted by Crippen LogP contribution is -2.17. The van der Waals surface area contributed by atoms with E-state index >= 15 is 0 Å². The highest BCUT2D eigenvalue weighted by Gasteiger charge is 2.08. The molecule has 142 valence electrons. The summed E-state index contributed by atoms with van der Waals surface area (Å²) in [6.07, 6.45) is 2.37. The van der Waals surface area contributed by atoms with Gasteiger partial charge in [0.15, 0.2) is 0 Å². The number of benzene rings is 2. The SMILES string of the molecule is C=C(CCNCc1nc2cc(F)ccc2n1C)CCc1ccc(Cl)c(F)c1. The predicted molar refractivity (Wildman–Crippen MR) is 106 cm³/mol. The smallest absolute Gasteiger partial charge is 0.142 e. The van der Waals surface area contributed by atoms with Crippen molar-refractivity contribution in [1.29, 1.82) is 0 Å². The number of nitrogens with one attached hydrogen (secondary N) is 1. The molecule has 6 heteroatoms. The van der Waals surface area contributed by atoms with Crippen LogP contribution in [0, 0.1) is 11.6 Å². The highest BCUT2D eigenvalue weighted by molar-refractivity contribution is 6.30. The topological polar surface area (TPSA) is 29.9 Å². The van der Waals surface area contributed by atoms with Crippen LogP contribution >= 0.6 is 11.6 Å². The van der Waals surface area contributed by atoms with Crippen molar-refractivity contribution in [2.45, 2.75) is 25.8 Å². The molecular weight excluding hydrogens is 368 g/mol. The fraction of sp³-hybridized carbons (Fsp3) is 0.286. The number of halogens is 3. The standard InChI is InChI=1S/C21H22ClF2N3/c1-14(3-4-15-5-7-17(22)18(24)11-15)9-10-25-13-21-26-19-12-16(23)6-8-20(19)27(21)2/h5-8,11-12,25H,1,3-4,9-10,13H2,2H3. The quantitative estimate of drug-likeness (QED) is 0.425. The van der Waals surface area contributed by atoms with Crippen molar-refractivity contribution in [2.24, 2.45) is 7.05 Å². The average molecular weight is 390 g/mol. The molecule has 0 atom stereocenters. The Balaban J connectivity index is 1.44. The van der Waals surface area contributed by atoms with Crippen molar-refractivity contribution in [1.82, 2.24) is 14.9 Å². The number of aryl methyl sites for hydroxylation is 2. The zero-order valence-electron chi connectivity index (χ0n) is 15.2. The maximum absolute atomic E-state index is 13.5. The molecule has 3 nitrogen and oxygen atoms in total. The maximum Gasteiger partial charge on any atom is 0.142 e. The van der Waals surface area contributed by atoms with Gasteiger partial charge < -0.3 is 9.88 Å². The van der Waals surface area contributed by atoms with Gasteiger partial charge in [-0.15, -0.1) is 0 Å². The molecule has 1 N–H and O–H groups in total. The first-order chi connectivity index (χ1) is 12.9. The summed E-state index contributed by atoms with van der Waals surface area (Å²) in [5, 5.41) is 3.49. The zero-order chi connectivity index (χ0) is 19.4. The van der Waals surface area contributed by atoms with Crippen molar-refractivity contribution in [3.63, 3.8) is 0 Å². The Morgan fingerprint density at radius 1 is 1.19 bits per heavy atom. The van der Waals surface area contributed by atoms with Crippen LogP contribution in [0.4, 0.5) is 8.78 Å². The number of aromatic nitrogens is 2. The minimum absolute atomic E-state index is 0.145. The third kappa shape index (κ3) is 4.93. The fourth-order valence-corrected chi connectivity index (χ4v) is 3.11. The molecule has 0 aliphatic carbocycles. The second-order valence-corrected chi connectivity index (χ2v) is 7.05. The summed E-state index contributed by atoms with van der Waals surface area (Å²) in [4.78, 5) is 4.47. The molecular formula is C21H22ClF2N3. The van der Waals surface area contributed by atoms with Gasteiger partial charge in [0.2, 0.25) is 0 Å². The summed E-state index contributed by atoms with van der Waals surface area (Å²) in [6.45, 7) is 5.46. The molecule has 3 aromatic rings. The number of fused-ring (bicyclic) bond motifs is 1. The lowest BCUT2D eigenvalue weighted by atomic mass is 10.0. The van der Waals surface area contributed by atoms with Crippen molar-refractivity contribution in [3.8, 4) is 0 Å². The second-order valence-electron chi connectivity index (χ2n) is 6.65. The van der Waals surface area contributed by atoms with Gasteiger partial charge in [0, 0.05) is 13.1 Å². The highest BCUT2D eigenvalue weighted by atomic mass is 35.5. The Labute approximate surface area is 162 Å². The highest BCUT2D eigenvalue weighted by Crippen LogP contribution is 2.18. The number of hydrogen-bond donors (Lipinski definition) is 1. The van der Waals surface area contributed by atoms with Crippen molar-refractivity contribution in [3.05, 3.63) is 76.6 Å². The summed E-state index contributed by atoms with van der Waals surface area (Å²) in [7, 11) is 1.93. The minimum Gasteiger partial charge on any atom is -0.330 e. The minimum atomic E-state index is -0.385. The molecule has 0 aliphatic rings. The van der Waals surface area contributed by atoms with Crippen LogP contribution in [0.1, 0.15) is 24.2 Å². The van der Waals surface area contributed by atoms with Gasteiger partial charge in [-0.2, -0.15) is 0 Å². The first-order valence-electron chi connectivity index (χ1n) is 8.86. The van der Waals surface area contributed by atoms with E-state index in [4.69, 9.17) is 11.6 Å². The first-order valence-corrected chi connectivity index (χ1v) is 9.24. The monoisotopic (exact) mass is 389 g/mol. The van der Waals surface area contributed by atoms with Crippen LogP contribution in [-0.2, 0) is 20.0 Å². The van der Waals surface area contributed by atoms with Gasteiger partial charge in [0.05, 0.1) is 22.6 Å². The normalized spacial score (nSPS) is 11.3. The summed E-state index contributed by atoms with van der Waals surface area (Å²) in [5.74, 6) is 0.193. The zero-order valence-corrected chi connectivity index (χ0v) is 16.0. The molecule has 0 saturated heterocycles. The van der Waals surface area contributed by atoms with Crippen LogP contribution < -0.4 is 5.32 Å². The van der Waals surface area contributed by atoms with Gasteiger partial charge in [-0.25, -0.2) is 13.8 Å². The van der Waals surface area contributed by atoms with E-state index in [1.54, 1.807) is 12.1 Å². The molecule has 0 fully saturated rings. The van der Waals surface area contributed by atoms with Gasteiger partial charge in [0.1, 0.15) is 17.5 Å². The Hall–Kier alpha value is -2.24. The van der Waals surface area contributed by atoms with E-state index in [2.05, 4.69) is 16.9 Å². The van der Waals surface area contributed by atoms with Crippen LogP contribution in [0.2, 0.25) is 5.02 Å². The lowest BCUT2D eigenvalue weighted by molar-refractivity contribution is 0.623. The summed E-state index contributed by atoms with van der Waals surface area (Å²) in [5.41, 5.74) is 3.59. The third-order valence-corrected chi connectivity index (χ3v) is 4.93. The molecule has 0 unspecified atom stereocenters. The summed E-state index contributed by atoms with van der Waals surface area (Å²) < 4.78 is 28.7.